The molecule has 0 aromatic heterocycles. The lowest BCUT2D eigenvalue weighted by Gasteiger charge is -2.25. The third kappa shape index (κ3) is 7.20. The molecule has 0 fully saturated rings. The van der Waals surface area contributed by atoms with E-state index in [0.717, 1.165) is 36.6 Å². The van der Waals surface area contributed by atoms with Gasteiger partial charge < -0.3 is 19.3 Å². The third-order valence-corrected chi connectivity index (χ3v) is 3.48. The molecule has 132 valence electrons. The van der Waals surface area contributed by atoms with Gasteiger partial charge in [-0.1, -0.05) is 13.0 Å². The van der Waals surface area contributed by atoms with Gasteiger partial charge in [0.15, 0.2) is 11.5 Å². The van der Waals surface area contributed by atoms with Gasteiger partial charge in [-0.2, -0.15) is 0 Å². The molecule has 0 heterocycles. The largest absolute Gasteiger partial charge is 0.493 e. The molecular formula is C18H31NO4. The lowest BCUT2D eigenvalue weighted by Crippen LogP contribution is -2.35. The zero-order valence-corrected chi connectivity index (χ0v) is 15.0. The maximum atomic E-state index is 10.1. The van der Waals surface area contributed by atoms with Crippen molar-refractivity contribution in [1.82, 2.24) is 4.90 Å². The molecule has 1 aromatic carbocycles. The van der Waals surface area contributed by atoms with Crippen molar-refractivity contribution in [2.75, 3.05) is 33.9 Å². The van der Waals surface area contributed by atoms with E-state index in [0.29, 0.717) is 13.2 Å². The SMILES string of the molecule is CCCN(Cc1ccc(OC)c(OC)c1)C[C@@H](O)COC(C)C. The highest BCUT2D eigenvalue weighted by Gasteiger charge is 2.14. The van der Waals surface area contributed by atoms with Crippen LogP contribution in [0.1, 0.15) is 32.8 Å². The number of aliphatic hydroxyl groups is 1. The number of benzene rings is 1. The summed E-state index contributed by atoms with van der Waals surface area (Å²) in [5.41, 5.74) is 1.13. The minimum atomic E-state index is -0.482. The highest BCUT2D eigenvalue weighted by atomic mass is 16.5. The third-order valence-electron chi connectivity index (χ3n) is 3.48. The average Bonchev–Trinajstić information content (AvgIpc) is 2.53. The van der Waals surface area contributed by atoms with Crippen LogP contribution in [-0.4, -0.2) is 56.1 Å². The Morgan fingerprint density at radius 1 is 1.13 bits per heavy atom. The summed E-state index contributed by atoms with van der Waals surface area (Å²) in [5.74, 6) is 1.45. The summed E-state index contributed by atoms with van der Waals surface area (Å²) in [6.07, 6.45) is 0.685. The fraction of sp³-hybridized carbons (Fsp3) is 0.667. The second-order valence-corrected chi connectivity index (χ2v) is 5.96. The van der Waals surface area contributed by atoms with E-state index in [9.17, 15) is 5.11 Å². The minimum absolute atomic E-state index is 0.134. The maximum Gasteiger partial charge on any atom is 0.161 e. The zero-order valence-electron chi connectivity index (χ0n) is 15.0. The van der Waals surface area contributed by atoms with Crippen LogP contribution in [0.15, 0.2) is 18.2 Å². The van der Waals surface area contributed by atoms with Crippen molar-refractivity contribution in [3.63, 3.8) is 0 Å². The molecule has 0 aliphatic carbocycles. The topological polar surface area (TPSA) is 51.2 Å². The standard InChI is InChI=1S/C18H31NO4/c1-6-9-19(12-16(20)13-23-14(2)3)11-15-7-8-17(21-4)18(10-15)22-5/h7-8,10,14,16,20H,6,9,11-13H2,1-5H3/t16-/m1/s1. The molecule has 0 saturated heterocycles. The highest BCUT2D eigenvalue weighted by molar-refractivity contribution is 5.42. The smallest absolute Gasteiger partial charge is 0.161 e. The van der Waals surface area contributed by atoms with E-state index in [1.165, 1.54) is 0 Å². The van der Waals surface area contributed by atoms with Crippen LogP contribution >= 0.6 is 0 Å². The predicted octanol–water partition coefficient (Wildman–Crippen LogP) is 2.70. The van der Waals surface area contributed by atoms with Gasteiger partial charge >= 0.3 is 0 Å². The summed E-state index contributed by atoms with van der Waals surface area (Å²) in [6, 6.07) is 5.93. The number of hydrogen-bond acceptors (Lipinski definition) is 5. The number of methoxy groups -OCH3 is 2. The normalized spacial score (nSPS) is 12.7. The van der Waals surface area contributed by atoms with Gasteiger partial charge in [0.2, 0.25) is 0 Å². The van der Waals surface area contributed by atoms with E-state index in [4.69, 9.17) is 14.2 Å². The number of aliphatic hydroxyl groups excluding tert-OH is 1. The van der Waals surface area contributed by atoms with E-state index in [1.807, 2.05) is 32.0 Å². The Morgan fingerprint density at radius 2 is 1.83 bits per heavy atom. The molecule has 5 nitrogen and oxygen atoms in total. The molecule has 0 aliphatic rings. The minimum Gasteiger partial charge on any atom is -0.493 e. The maximum absolute atomic E-state index is 10.1. The summed E-state index contributed by atoms with van der Waals surface area (Å²) in [6.45, 7) is 8.72. The molecule has 1 N–H and O–H groups in total. The van der Waals surface area contributed by atoms with Gasteiger partial charge in [-0.15, -0.1) is 0 Å². The number of nitrogens with zero attached hydrogens (tertiary/aromatic N) is 1. The molecule has 0 saturated carbocycles. The van der Waals surface area contributed by atoms with Crippen LogP contribution in [-0.2, 0) is 11.3 Å². The Morgan fingerprint density at radius 3 is 2.39 bits per heavy atom. The number of ether oxygens (including phenoxy) is 3. The van der Waals surface area contributed by atoms with Crippen LogP contribution in [0.25, 0.3) is 0 Å². The van der Waals surface area contributed by atoms with Crippen molar-refractivity contribution in [3.8, 4) is 11.5 Å². The van der Waals surface area contributed by atoms with Crippen molar-refractivity contribution in [3.05, 3.63) is 23.8 Å². The van der Waals surface area contributed by atoms with E-state index >= 15 is 0 Å². The van der Waals surface area contributed by atoms with Gasteiger partial charge in [0, 0.05) is 13.1 Å². The lowest BCUT2D eigenvalue weighted by atomic mass is 10.1. The van der Waals surface area contributed by atoms with Crippen LogP contribution in [0.2, 0.25) is 0 Å². The summed E-state index contributed by atoms with van der Waals surface area (Å²) in [7, 11) is 3.27. The van der Waals surface area contributed by atoms with Crippen molar-refractivity contribution < 1.29 is 19.3 Å². The van der Waals surface area contributed by atoms with Crippen LogP contribution < -0.4 is 9.47 Å². The zero-order chi connectivity index (χ0) is 17.2. The number of hydrogen-bond donors (Lipinski definition) is 1. The van der Waals surface area contributed by atoms with Crippen molar-refractivity contribution in [2.45, 2.75) is 45.9 Å². The summed E-state index contributed by atoms with van der Waals surface area (Å²) in [4.78, 5) is 2.23. The summed E-state index contributed by atoms with van der Waals surface area (Å²) >= 11 is 0. The Labute approximate surface area is 140 Å². The van der Waals surface area contributed by atoms with E-state index in [1.54, 1.807) is 14.2 Å². The molecule has 0 unspecified atom stereocenters. The Kier molecular flexibility index (Phi) is 8.99. The monoisotopic (exact) mass is 325 g/mol. The first-order valence-corrected chi connectivity index (χ1v) is 8.23. The predicted molar refractivity (Wildman–Crippen MR) is 92.2 cm³/mol. The van der Waals surface area contributed by atoms with Crippen molar-refractivity contribution >= 4 is 0 Å². The van der Waals surface area contributed by atoms with Gasteiger partial charge in [0.05, 0.1) is 33.0 Å². The van der Waals surface area contributed by atoms with E-state index < -0.39 is 6.10 Å². The molecule has 1 rings (SSSR count). The Hall–Kier alpha value is -1.30. The van der Waals surface area contributed by atoms with Gasteiger partial charge in [-0.25, -0.2) is 0 Å². The van der Waals surface area contributed by atoms with Crippen LogP contribution in [0, 0.1) is 0 Å². The molecule has 0 aliphatic heterocycles. The highest BCUT2D eigenvalue weighted by Crippen LogP contribution is 2.28. The molecule has 23 heavy (non-hydrogen) atoms. The first-order valence-electron chi connectivity index (χ1n) is 8.23. The fourth-order valence-electron chi connectivity index (χ4n) is 2.44. The van der Waals surface area contributed by atoms with Crippen LogP contribution in [0.3, 0.4) is 0 Å². The van der Waals surface area contributed by atoms with Gasteiger partial charge in [-0.3, -0.25) is 4.90 Å². The first kappa shape index (κ1) is 19.7. The van der Waals surface area contributed by atoms with Gasteiger partial charge in [-0.05, 0) is 44.5 Å². The van der Waals surface area contributed by atoms with Crippen molar-refractivity contribution in [1.29, 1.82) is 0 Å². The van der Waals surface area contributed by atoms with E-state index in [-0.39, 0.29) is 6.10 Å². The average molecular weight is 325 g/mol. The molecule has 0 spiro atoms. The second kappa shape index (κ2) is 10.5. The quantitative estimate of drug-likeness (QED) is 0.678. The Balaban J connectivity index is 2.67. The van der Waals surface area contributed by atoms with Crippen molar-refractivity contribution in [2.24, 2.45) is 0 Å². The lowest BCUT2D eigenvalue weighted by molar-refractivity contribution is -0.00950. The summed E-state index contributed by atoms with van der Waals surface area (Å²) < 4.78 is 16.1. The first-order chi connectivity index (χ1) is 11.0. The molecule has 0 radical (unpaired) electrons. The van der Waals surface area contributed by atoms with Crippen LogP contribution in [0.4, 0.5) is 0 Å². The Bertz CT molecular complexity index is 451. The van der Waals surface area contributed by atoms with Gasteiger partial charge in [0.1, 0.15) is 0 Å². The molecule has 0 bridgehead atoms. The fourth-order valence-corrected chi connectivity index (χ4v) is 2.44. The molecule has 0 amide bonds. The molecule has 1 atom stereocenters. The summed E-state index contributed by atoms with van der Waals surface area (Å²) in [5, 5.41) is 10.1. The van der Waals surface area contributed by atoms with E-state index in [2.05, 4.69) is 11.8 Å². The van der Waals surface area contributed by atoms with Gasteiger partial charge in [0.25, 0.3) is 0 Å². The molecular weight excluding hydrogens is 294 g/mol. The molecule has 5 heteroatoms. The molecule has 1 aromatic rings. The second-order valence-electron chi connectivity index (χ2n) is 5.96. The number of rotatable bonds is 11. The van der Waals surface area contributed by atoms with Crippen LogP contribution in [0.5, 0.6) is 11.5 Å².